The Hall–Kier alpha value is -1.29. The number of unbranched alkanes of at least 4 members (excludes halogenated alkanes) is 1. The number of rotatable bonds is 7. The molecule has 1 N–H and O–H groups in total. The molecule has 1 atom stereocenters. The Morgan fingerprint density at radius 3 is 3.00 bits per heavy atom. The summed E-state index contributed by atoms with van der Waals surface area (Å²) in [6.45, 7) is 2.24. The number of furan rings is 1. The lowest BCUT2D eigenvalue weighted by Crippen LogP contribution is -2.23. The average Bonchev–Trinajstić information content (AvgIpc) is 2.70. The molecule has 0 aliphatic heterocycles. The Kier molecular flexibility index (Phi) is 4.90. The predicted molar refractivity (Wildman–Crippen MR) is 54.4 cm³/mol. The predicted octanol–water partition coefficient (Wildman–Crippen LogP) is 2.44. The van der Waals surface area contributed by atoms with Gasteiger partial charge in [0.1, 0.15) is 12.4 Å². The van der Waals surface area contributed by atoms with E-state index in [0.29, 0.717) is 12.2 Å². The van der Waals surface area contributed by atoms with Gasteiger partial charge in [-0.25, -0.2) is 4.79 Å². The molecule has 0 bridgehead atoms. The van der Waals surface area contributed by atoms with Crippen molar-refractivity contribution in [1.82, 2.24) is 0 Å². The van der Waals surface area contributed by atoms with Crippen LogP contribution >= 0.6 is 0 Å². The van der Waals surface area contributed by atoms with Crippen molar-refractivity contribution in [2.75, 3.05) is 0 Å². The topological polar surface area (TPSA) is 59.7 Å². The van der Waals surface area contributed by atoms with E-state index in [9.17, 15) is 4.79 Å². The van der Waals surface area contributed by atoms with E-state index in [-0.39, 0.29) is 6.61 Å². The molecule has 4 heteroatoms. The maximum absolute atomic E-state index is 10.8. The van der Waals surface area contributed by atoms with Crippen LogP contribution in [0.5, 0.6) is 0 Å². The molecule has 0 radical (unpaired) electrons. The maximum atomic E-state index is 10.8. The third-order valence-electron chi connectivity index (χ3n) is 2.10. The molecule has 1 heterocycles. The summed E-state index contributed by atoms with van der Waals surface area (Å²) in [7, 11) is 0. The van der Waals surface area contributed by atoms with E-state index in [2.05, 4.69) is 0 Å². The lowest BCUT2D eigenvalue weighted by Gasteiger charge is -2.11. The molecule has 1 aromatic rings. The summed E-state index contributed by atoms with van der Waals surface area (Å²) in [4.78, 5) is 10.8. The van der Waals surface area contributed by atoms with E-state index in [1.54, 1.807) is 18.4 Å². The zero-order valence-electron chi connectivity index (χ0n) is 8.81. The van der Waals surface area contributed by atoms with Crippen LogP contribution in [0.25, 0.3) is 0 Å². The largest absolute Gasteiger partial charge is 0.479 e. The third-order valence-corrected chi connectivity index (χ3v) is 2.10. The fourth-order valence-corrected chi connectivity index (χ4v) is 1.25. The summed E-state index contributed by atoms with van der Waals surface area (Å²) in [5.41, 5.74) is 0. The number of ether oxygens (including phenoxy) is 1. The molecule has 1 unspecified atom stereocenters. The molecule has 0 spiro atoms. The van der Waals surface area contributed by atoms with Crippen LogP contribution in [0.2, 0.25) is 0 Å². The number of hydrogen-bond acceptors (Lipinski definition) is 3. The van der Waals surface area contributed by atoms with Crippen molar-refractivity contribution in [3.63, 3.8) is 0 Å². The molecule has 0 fully saturated rings. The molecule has 0 saturated carbocycles. The number of carbonyl (C=O) groups is 1. The Balaban J connectivity index is 2.34. The van der Waals surface area contributed by atoms with Crippen LogP contribution in [0.4, 0.5) is 0 Å². The van der Waals surface area contributed by atoms with Gasteiger partial charge >= 0.3 is 5.97 Å². The van der Waals surface area contributed by atoms with Crippen molar-refractivity contribution >= 4 is 5.97 Å². The second kappa shape index (κ2) is 6.24. The van der Waals surface area contributed by atoms with Gasteiger partial charge in [0.05, 0.1) is 6.26 Å². The van der Waals surface area contributed by atoms with Crippen LogP contribution in [0.3, 0.4) is 0 Å². The highest BCUT2D eigenvalue weighted by molar-refractivity contribution is 5.72. The molecular formula is C11H16O4. The van der Waals surface area contributed by atoms with Crippen molar-refractivity contribution in [2.45, 2.75) is 38.9 Å². The smallest absolute Gasteiger partial charge is 0.332 e. The highest BCUT2D eigenvalue weighted by Crippen LogP contribution is 2.09. The van der Waals surface area contributed by atoms with Gasteiger partial charge in [-0.05, 0) is 18.6 Å². The van der Waals surface area contributed by atoms with Crippen molar-refractivity contribution in [1.29, 1.82) is 0 Å². The molecule has 0 aliphatic carbocycles. The second-order valence-corrected chi connectivity index (χ2v) is 3.36. The normalized spacial score (nSPS) is 12.6. The van der Waals surface area contributed by atoms with Gasteiger partial charge in [0.25, 0.3) is 0 Å². The highest BCUT2D eigenvalue weighted by Gasteiger charge is 2.17. The Labute approximate surface area is 88.8 Å². The Morgan fingerprint density at radius 1 is 1.67 bits per heavy atom. The van der Waals surface area contributed by atoms with Gasteiger partial charge in [0, 0.05) is 0 Å². The molecule has 0 aliphatic rings. The second-order valence-electron chi connectivity index (χ2n) is 3.36. The molecule has 0 saturated heterocycles. The van der Waals surface area contributed by atoms with Gasteiger partial charge in [-0.1, -0.05) is 19.8 Å². The van der Waals surface area contributed by atoms with Crippen LogP contribution in [-0.4, -0.2) is 17.2 Å². The minimum atomic E-state index is -0.907. The van der Waals surface area contributed by atoms with Crippen LogP contribution in [0.1, 0.15) is 31.9 Å². The van der Waals surface area contributed by atoms with E-state index >= 15 is 0 Å². The summed E-state index contributed by atoms with van der Waals surface area (Å²) in [5.74, 6) is -0.257. The van der Waals surface area contributed by atoms with Crippen molar-refractivity contribution in [3.8, 4) is 0 Å². The average molecular weight is 212 g/mol. The van der Waals surface area contributed by atoms with Crippen LogP contribution in [0.15, 0.2) is 22.8 Å². The van der Waals surface area contributed by atoms with Gasteiger partial charge in [-0.2, -0.15) is 0 Å². The van der Waals surface area contributed by atoms with Gasteiger partial charge < -0.3 is 14.3 Å². The van der Waals surface area contributed by atoms with Crippen molar-refractivity contribution < 1.29 is 19.1 Å². The molecule has 15 heavy (non-hydrogen) atoms. The highest BCUT2D eigenvalue weighted by atomic mass is 16.5. The third kappa shape index (κ3) is 4.16. The molecule has 1 aromatic heterocycles. The molecule has 84 valence electrons. The number of carboxylic acids is 1. The van der Waals surface area contributed by atoms with E-state index in [4.69, 9.17) is 14.3 Å². The monoisotopic (exact) mass is 212 g/mol. The fraction of sp³-hybridized carbons (Fsp3) is 0.545. The lowest BCUT2D eigenvalue weighted by atomic mass is 10.1. The first-order chi connectivity index (χ1) is 7.24. The standard InChI is InChI=1S/C11H16O4/c1-2-3-6-10(11(12)13)15-8-9-5-4-7-14-9/h4-5,7,10H,2-3,6,8H2,1H3,(H,12,13). The van der Waals surface area contributed by atoms with Crippen molar-refractivity contribution in [2.24, 2.45) is 0 Å². The molecule has 0 aromatic carbocycles. The van der Waals surface area contributed by atoms with Crippen LogP contribution < -0.4 is 0 Å². The Morgan fingerprint density at radius 2 is 2.47 bits per heavy atom. The van der Waals surface area contributed by atoms with Gasteiger partial charge in [-0.3, -0.25) is 0 Å². The summed E-state index contributed by atoms with van der Waals surface area (Å²) in [5, 5.41) is 8.87. The maximum Gasteiger partial charge on any atom is 0.332 e. The van der Waals surface area contributed by atoms with Gasteiger partial charge in [-0.15, -0.1) is 0 Å². The first kappa shape index (κ1) is 11.8. The van der Waals surface area contributed by atoms with Crippen LogP contribution in [-0.2, 0) is 16.1 Å². The Bertz CT molecular complexity index is 279. The molecule has 4 nitrogen and oxygen atoms in total. The van der Waals surface area contributed by atoms with E-state index in [0.717, 1.165) is 12.8 Å². The van der Waals surface area contributed by atoms with Crippen LogP contribution in [0, 0.1) is 0 Å². The van der Waals surface area contributed by atoms with E-state index < -0.39 is 12.1 Å². The number of hydrogen-bond donors (Lipinski definition) is 1. The first-order valence-corrected chi connectivity index (χ1v) is 5.10. The fourth-order valence-electron chi connectivity index (χ4n) is 1.25. The first-order valence-electron chi connectivity index (χ1n) is 5.10. The lowest BCUT2D eigenvalue weighted by molar-refractivity contribution is -0.152. The summed E-state index contributed by atoms with van der Waals surface area (Å²) >= 11 is 0. The van der Waals surface area contributed by atoms with Gasteiger partial charge in [0.15, 0.2) is 6.10 Å². The summed E-state index contributed by atoms with van der Waals surface area (Å²) < 4.78 is 10.3. The number of aliphatic carboxylic acids is 1. The SMILES string of the molecule is CCCCC(OCc1ccco1)C(=O)O. The number of carboxylic acid groups (broad SMARTS) is 1. The van der Waals surface area contributed by atoms with Crippen molar-refractivity contribution in [3.05, 3.63) is 24.2 Å². The zero-order chi connectivity index (χ0) is 11.1. The van der Waals surface area contributed by atoms with E-state index in [1.165, 1.54) is 0 Å². The van der Waals surface area contributed by atoms with Gasteiger partial charge in [0.2, 0.25) is 0 Å². The quantitative estimate of drug-likeness (QED) is 0.754. The molecular weight excluding hydrogens is 196 g/mol. The van der Waals surface area contributed by atoms with E-state index in [1.807, 2.05) is 6.92 Å². The zero-order valence-corrected chi connectivity index (χ0v) is 8.81. The minimum Gasteiger partial charge on any atom is -0.479 e. The molecule has 1 rings (SSSR count). The summed E-state index contributed by atoms with van der Waals surface area (Å²) in [6, 6.07) is 3.51. The molecule has 0 amide bonds. The minimum absolute atomic E-state index is 0.216. The summed E-state index contributed by atoms with van der Waals surface area (Å²) in [6.07, 6.45) is 3.19.